The molecule has 7 heteroatoms. The predicted molar refractivity (Wildman–Crippen MR) is 120 cm³/mol. The van der Waals surface area contributed by atoms with E-state index in [2.05, 4.69) is 17.3 Å². The average molecular weight is 436 g/mol. The van der Waals surface area contributed by atoms with Crippen LogP contribution in [-0.2, 0) is 14.8 Å². The van der Waals surface area contributed by atoms with Crippen LogP contribution in [0, 0.1) is 5.92 Å². The Morgan fingerprint density at radius 1 is 1.07 bits per heavy atom. The minimum absolute atomic E-state index is 0.117. The molecule has 1 aromatic carbocycles. The first kappa shape index (κ1) is 23.2. The van der Waals surface area contributed by atoms with Gasteiger partial charge in [0.2, 0.25) is 15.9 Å². The fourth-order valence-electron chi connectivity index (χ4n) is 4.68. The Hall–Kier alpha value is -1.44. The molecule has 0 unspecified atom stereocenters. The number of nitrogens with one attached hydrogen (secondary N) is 1. The number of piperidine rings is 1. The number of amides is 1. The minimum atomic E-state index is -3.40. The van der Waals surface area contributed by atoms with Gasteiger partial charge < -0.3 is 10.2 Å². The van der Waals surface area contributed by atoms with Crippen LogP contribution < -0.4 is 5.32 Å². The van der Waals surface area contributed by atoms with E-state index in [9.17, 15) is 13.2 Å². The molecule has 1 amide bonds. The Labute approximate surface area is 182 Å². The fourth-order valence-corrected chi connectivity index (χ4v) is 6.17. The fraction of sp³-hybridized carbons (Fsp3) is 0.696. The van der Waals surface area contributed by atoms with Crippen LogP contribution in [0.25, 0.3) is 0 Å². The number of likely N-dealkylation sites (N-methyl/N-ethyl adjacent to an activating group) is 1. The first-order chi connectivity index (χ1) is 14.5. The standard InChI is InChI=1S/C23H37N3O3S/c1-25(21-8-4-2-5-9-21)19-16-24-23(27)13-12-20-14-17-26(18-15-20)30(28,29)22-10-6-3-7-11-22/h3,6-7,10-11,20-21H,2,4-5,8-9,12-19H2,1H3,(H,24,27). The van der Waals surface area contributed by atoms with Crippen LogP contribution in [0.5, 0.6) is 0 Å². The first-order valence-electron chi connectivity index (χ1n) is 11.5. The molecule has 6 nitrogen and oxygen atoms in total. The normalized spacial score (nSPS) is 19.8. The zero-order chi connectivity index (χ0) is 21.4. The summed E-state index contributed by atoms with van der Waals surface area (Å²) in [7, 11) is -1.23. The van der Waals surface area contributed by atoms with Crippen molar-refractivity contribution in [2.75, 3.05) is 33.2 Å². The third-order valence-electron chi connectivity index (χ3n) is 6.72. The molecular weight excluding hydrogens is 398 g/mol. The minimum Gasteiger partial charge on any atom is -0.355 e. The highest BCUT2D eigenvalue weighted by Crippen LogP contribution is 2.26. The van der Waals surface area contributed by atoms with E-state index in [1.807, 2.05) is 6.07 Å². The van der Waals surface area contributed by atoms with Crippen LogP contribution in [0.1, 0.15) is 57.8 Å². The highest BCUT2D eigenvalue weighted by Gasteiger charge is 2.29. The van der Waals surface area contributed by atoms with Crippen LogP contribution in [0.4, 0.5) is 0 Å². The van der Waals surface area contributed by atoms with Crippen LogP contribution >= 0.6 is 0 Å². The summed E-state index contributed by atoms with van der Waals surface area (Å²) in [6, 6.07) is 9.31. The number of rotatable bonds is 9. The van der Waals surface area contributed by atoms with Crippen molar-refractivity contribution in [3.63, 3.8) is 0 Å². The van der Waals surface area contributed by atoms with E-state index in [4.69, 9.17) is 0 Å². The lowest BCUT2D eigenvalue weighted by molar-refractivity contribution is -0.121. The van der Waals surface area contributed by atoms with Gasteiger partial charge in [0.25, 0.3) is 0 Å². The van der Waals surface area contributed by atoms with Gasteiger partial charge in [-0.2, -0.15) is 4.31 Å². The molecule has 1 aromatic rings. The lowest BCUT2D eigenvalue weighted by atomic mass is 9.93. The summed E-state index contributed by atoms with van der Waals surface area (Å²) < 4.78 is 27.0. The Bertz CT molecular complexity index is 755. The SMILES string of the molecule is CN(CCNC(=O)CCC1CCN(S(=O)(=O)c2ccccc2)CC1)C1CCCCC1. The van der Waals surface area contributed by atoms with E-state index in [1.54, 1.807) is 28.6 Å². The molecule has 1 aliphatic heterocycles. The van der Waals surface area contributed by atoms with E-state index >= 15 is 0 Å². The second kappa shape index (κ2) is 11.3. The monoisotopic (exact) mass is 435 g/mol. The van der Waals surface area contributed by atoms with Gasteiger partial charge in [-0.1, -0.05) is 37.5 Å². The molecule has 1 aliphatic carbocycles. The Morgan fingerprint density at radius 3 is 2.40 bits per heavy atom. The number of sulfonamides is 1. The molecule has 0 aromatic heterocycles. The molecule has 0 radical (unpaired) electrons. The number of hydrogen-bond donors (Lipinski definition) is 1. The molecule has 0 bridgehead atoms. The third kappa shape index (κ3) is 6.53. The van der Waals surface area contributed by atoms with Crippen LogP contribution in [0.2, 0.25) is 0 Å². The molecule has 0 atom stereocenters. The number of carbonyl (C=O) groups excluding carboxylic acids is 1. The van der Waals surface area contributed by atoms with Gasteiger partial charge in [0.05, 0.1) is 4.90 Å². The number of benzene rings is 1. The molecule has 3 rings (SSSR count). The van der Waals surface area contributed by atoms with Crippen molar-refractivity contribution in [2.45, 2.75) is 68.7 Å². The van der Waals surface area contributed by atoms with Crippen molar-refractivity contribution in [1.82, 2.24) is 14.5 Å². The Kier molecular flexibility index (Phi) is 8.72. The highest BCUT2D eigenvalue weighted by atomic mass is 32.2. The summed E-state index contributed by atoms with van der Waals surface area (Å²) in [6.07, 6.45) is 9.59. The van der Waals surface area contributed by atoms with Gasteiger partial charge in [0, 0.05) is 38.6 Å². The second-order valence-corrected chi connectivity index (χ2v) is 10.8. The summed E-state index contributed by atoms with van der Waals surface area (Å²) in [5.41, 5.74) is 0. The van der Waals surface area contributed by atoms with Crippen molar-refractivity contribution in [2.24, 2.45) is 5.92 Å². The van der Waals surface area contributed by atoms with E-state index < -0.39 is 10.0 Å². The maximum absolute atomic E-state index is 12.7. The summed E-state index contributed by atoms with van der Waals surface area (Å²) in [6.45, 7) is 2.69. The van der Waals surface area contributed by atoms with Crippen molar-refractivity contribution >= 4 is 15.9 Å². The van der Waals surface area contributed by atoms with Gasteiger partial charge in [0.1, 0.15) is 0 Å². The van der Waals surface area contributed by atoms with E-state index in [1.165, 1.54) is 32.1 Å². The van der Waals surface area contributed by atoms with Crippen molar-refractivity contribution in [3.05, 3.63) is 30.3 Å². The smallest absolute Gasteiger partial charge is 0.243 e. The van der Waals surface area contributed by atoms with Gasteiger partial charge in [0.15, 0.2) is 0 Å². The van der Waals surface area contributed by atoms with Crippen molar-refractivity contribution < 1.29 is 13.2 Å². The molecule has 2 fully saturated rings. The summed E-state index contributed by atoms with van der Waals surface area (Å²) in [5.74, 6) is 0.536. The quantitative estimate of drug-likeness (QED) is 0.646. The average Bonchev–Trinajstić information content (AvgIpc) is 2.79. The number of carbonyl (C=O) groups is 1. The molecule has 1 saturated carbocycles. The summed E-state index contributed by atoms with van der Waals surface area (Å²) >= 11 is 0. The van der Waals surface area contributed by atoms with Crippen LogP contribution in [0.3, 0.4) is 0 Å². The maximum Gasteiger partial charge on any atom is 0.243 e. The zero-order valence-electron chi connectivity index (χ0n) is 18.3. The lowest BCUT2D eigenvalue weighted by Crippen LogP contribution is -2.40. The molecule has 30 heavy (non-hydrogen) atoms. The van der Waals surface area contributed by atoms with Crippen LogP contribution in [0.15, 0.2) is 35.2 Å². The second-order valence-electron chi connectivity index (χ2n) is 8.82. The zero-order valence-corrected chi connectivity index (χ0v) is 19.1. The maximum atomic E-state index is 12.7. The van der Waals surface area contributed by atoms with Crippen molar-refractivity contribution in [3.8, 4) is 0 Å². The molecule has 1 heterocycles. The van der Waals surface area contributed by atoms with E-state index in [0.717, 1.165) is 25.8 Å². The van der Waals surface area contributed by atoms with Crippen LogP contribution in [-0.4, -0.2) is 62.8 Å². The molecule has 2 aliphatic rings. The highest BCUT2D eigenvalue weighted by molar-refractivity contribution is 7.89. The van der Waals surface area contributed by atoms with Gasteiger partial charge >= 0.3 is 0 Å². The summed E-state index contributed by atoms with van der Waals surface area (Å²) in [4.78, 5) is 15.0. The lowest BCUT2D eigenvalue weighted by Gasteiger charge is -2.31. The topological polar surface area (TPSA) is 69.7 Å². The first-order valence-corrected chi connectivity index (χ1v) is 12.9. The van der Waals surface area contributed by atoms with Gasteiger partial charge in [-0.25, -0.2) is 8.42 Å². The van der Waals surface area contributed by atoms with Gasteiger partial charge in [-0.05, 0) is 57.2 Å². The van der Waals surface area contributed by atoms with Gasteiger partial charge in [-0.3, -0.25) is 4.79 Å². The van der Waals surface area contributed by atoms with Crippen molar-refractivity contribution in [1.29, 1.82) is 0 Å². The Morgan fingerprint density at radius 2 is 1.73 bits per heavy atom. The van der Waals surface area contributed by atoms with Gasteiger partial charge in [-0.15, -0.1) is 0 Å². The number of hydrogen-bond acceptors (Lipinski definition) is 4. The van der Waals surface area contributed by atoms with E-state index in [-0.39, 0.29) is 5.91 Å². The molecule has 1 N–H and O–H groups in total. The molecule has 1 saturated heterocycles. The molecule has 168 valence electrons. The summed E-state index contributed by atoms with van der Waals surface area (Å²) in [5, 5.41) is 3.06. The largest absolute Gasteiger partial charge is 0.355 e. The molecular formula is C23H37N3O3S. The van der Waals surface area contributed by atoms with E-state index in [0.29, 0.717) is 42.9 Å². The number of nitrogens with zero attached hydrogens (tertiary/aromatic N) is 2. The Balaban J connectivity index is 1.32. The third-order valence-corrected chi connectivity index (χ3v) is 8.63. The molecule has 0 spiro atoms. The predicted octanol–water partition coefficient (Wildman–Crippen LogP) is 3.25.